The molecule has 1 aromatic carbocycles. The van der Waals surface area contributed by atoms with Gasteiger partial charge in [0, 0.05) is 4.47 Å². The highest BCUT2D eigenvalue weighted by Crippen LogP contribution is 2.24. The standard InChI is InChI=1S/C12H7BrFNO3S/c13-8-2-1-6(14)5-7(8)11(16)15-10-4-3-9(19-10)12(17)18/h1-5H,(H,15,16)(H,17,18). The lowest BCUT2D eigenvalue weighted by molar-refractivity contribution is 0.0702. The monoisotopic (exact) mass is 343 g/mol. The molecular formula is C12H7BrFNO3S. The van der Waals surface area contributed by atoms with E-state index >= 15 is 0 Å². The van der Waals surface area contributed by atoms with Gasteiger partial charge in [0.2, 0.25) is 0 Å². The Morgan fingerprint density at radius 2 is 2.00 bits per heavy atom. The molecular weight excluding hydrogens is 337 g/mol. The van der Waals surface area contributed by atoms with Gasteiger partial charge < -0.3 is 10.4 Å². The number of anilines is 1. The normalized spacial score (nSPS) is 10.2. The van der Waals surface area contributed by atoms with Crippen molar-refractivity contribution in [3.8, 4) is 0 Å². The zero-order valence-electron chi connectivity index (χ0n) is 9.31. The summed E-state index contributed by atoms with van der Waals surface area (Å²) in [6.45, 7) is 0. The van der Waals surface area contributed by atoms with E-state index in [0.29, 0.717) is 9.47 Å². The van der Waals surface area contributed by atoms with Crippen molar-refractivity contribution in [2.45, 2.75) is 0 Å². The third-order valence-electron chi connectivity index (χ3n) is 2.23. The van der Waals surface area contributed by atoms with Crippen LogP contribution >= 0.6 is 27.3 Å². The van der Waals surface area contributed by atoms with Crippen LogP contribution in [-0.2, 0) is 0 Å². The Bertz CT molecular complexity index is 656. The molecule has 4 nitrogen and oxygen atoms in total. The quantitative estimate of drug-likeness (QED) is 0.894. The fourth-order valence-electron chi connectivity index (χ4n) is 1.37. The molecule has 0 saturated carbocycles. The van der Waals surface area contributed by atoms with E-state index in [0.717, 1.165) is 17.4 Å². The maximum absolute atomic E-state index is 13.1. The van der Waals surface area contributed by atoms with Gasteiger partial charge >= 0.3 is 5.97 Å². The van der Waals surface area contributed by atoms with E-state index < -0.39 is 17.7 Å². The highest BCUT2D eigenvalue weighted by Gasteiger charge is 2.13. The summed E-state index contributed by atoms with van der Waals surface area (Å²) in [4.78, 5) is 22.7. The Hall–Kier alpha value is -1.73. The van der Waals surface area contributed by atoms with Gasteiger partial charge in [0.1, 0.15) is 10.7 Å². The van der Waals surface area contributed by atoms with Crippen molar-refractivity contribution in [1.82, 2.24) is 0 Å². The molecule has 0 spiro atoms. The molecule has 0 aliphatic carbocycles. The largest absolute Gasteiger partial charge is 0.477 e. The predicted octanol–water partition coefficient (Wildman–Crippen LogP) is 3.60. The molecule has 2 N–H and O–H groups in total. The molecule has 2 rings (SSSR count). The number of thiophene rings is 1. The lowest BCUT2D eigenvalue weighted by atomic mass is 10.2. The molecule has 0 aliphatic heterocycles. The molecule has 7 heteroatoms. The number of carboxylic acid groups (broad SMARTS) is 1. The molecule has 0 saturated heterocycles. The second-order valence-electron chi connectivity index (χ2n) is 3.55. The Balaban J connectivity index is 2.20. The number of rotatable bonds is 3. The van der Waals surface area contributed by atoms with Crippen LogP contribution in [0, 0.1) is 5.82 Å². The van der Waals surface area contributed by atoms with Crippen molar-refractivity contribution in [2.24, 2.45) is 0 Å². The summed E-state index contributed by atoms with van der Waals surface area (Å²) in [5.74, 6) is -2.09. The van der Waals surface area contributed by atoms with Crippen molar-refractivity contribution >= 4 is 44.1 Å². The highest BCUT2D eigenvalue weighted by molar-refractivity contribution is 9.10. The first-order valence-corrected chi connectivity index (χ1v) is 6.68. The Morgan fingerprint density at radius 1 is 1.26 bits per heavy atom. The maximum Gasteiger partial charge on any atom is 0.345 e. The summed E-state index contributed by atoms with van der Waals surface area (Å²) in [6.07, 6.45) is 0. The zero-order chi connectivity index (χ0) is 14.0. The molecule has 1 amide bonds. The molecule has 0 unspecified atom stereocenters. The van der Waals surface area contributed by atoms with E-state index in [1.54, 1.807) is 0 Å². The number of benzene rings is 1. The van der Waals surface area contributed by atoms with E-state index in [-0.39, 0.29) is 10.4 Å². The Kier molecular flexibility index (Phi) is 3.96. The molecule has 2 aromatic rings. The van der Waals surface area contributed by atoms with Crippen molar-refractivity contribution in [3.63, 3.8) is 0 Å². The number of amides is 1. The van der Waals surface area contributed by atoms with Crippen LogP contribution < -0.4 is 5.32 Å². The number of nitrogens with one attached hydrogen (secondary N) is 1. The van der Waals surface area contributed by atoms with Gasteiger partial charge in [-0.05, 0) is 46.3 Å². The number of hydrogen-bond acceptors (Lipinski definition) is 3. The number of carbonyl (C=O) groups excluding carboxylic acids is 1. The summed E-state index contributed by atoms with van der Waals surface area (Å²) in [5, 5.41) is 11.7. The molecule has 98 valence electrons. The van der Waals surface area contributed by atoms with Crippen LogP contribution in [0.3, 0.4) is 0 Å². The molecule has 0 radical (unpaired) electrons. The van der Waals surface area contributed by atoms with E-state index in [4.69, 9.17) is 5.11 Å². The number of carboxylic acids is 1. The molecule has 1 aromatic heterocycles. The van der Waals surface area contributed by atoms with Gasteiger partial charge in [0.05, 0.1) is 10.6 Å². The summed E-state index contributed by atoms with van der Waals surface area (Å²) < 4.78 is 13.5. The second kappa shape index (κ2) is 5.50. The minimum Gasteiger partial charge on any atom is -0.477 e. The first-order chi connectivity index (χ1) is 8.97. The third kappa shape index (κ3) is 3.18. The van der Waals surface area contributed by atoms with Crippen LogP contribution in [0.25, 0.3) is 0 Å². The Morgan fingerprint density at radius 3 is 2.63 bits per heavy atom. The van der Waals surface area contributed by atoms with E-state index in [1.165, 1.54) is 24.3 Å². The van der Waals surface area contributed by atoms with Crippen molar-refractivity contribution in [2.75, 3.05) is 5.32 Å². The Labute approximate surface area is 120 Å². The predicted molar refractivity (Wildman–Crippen MR) is 73.3 cm³/mol. The molecule has 0 fully saturated rings. The van der Waals surface area contributed by atoms with E-state index in [9.17, 15) is 14.0 Å². The van der Waals surface area contributed by atoms with Crippen LogP contribution in [0.4, 0.5) is 9.39 Å². The highest BCUT2D eigenvalue weighted by atomic mass is 79.9. The third-order valence-corrected chi connectivity index (χ3v) is 3.91. The van der Waals surface area contributed by atoms with Crippen LogP contribution in [0.2, 0.25) is 0 Å². The first-order valence-electron chi connectivity index (χ1n) is 5.07. The second-order valence-corrected chi connectivity index (χ2v) is 5.49. The van der Waals surface area contributed by atoms with Gasteiger partial charge in [-0.2, -0.15) is 0 Å². The lowest BCUT2D eigenvalue weighted by Crippen LogP contribution is -2.11. The summed E-state index contributed by atoms with van der Waals surface area (Å²) in [6, 6.07) is 6.64. The van der Waals surface area contributed by atoms with Gasteiger partial charge in [-0.1, -0.05) is 0 Å². The minimum atomic E-state index is -1.06. The fraction of sp³-hybridized carbons (Fsp3) is 0. The van der Waals surface area contributed by atoms with E-state index in [1.807, 2.05) is 0 Å². The number of halogens is 2. The minimum absolute atomic E-state index is 0.119. The van der Waals surface area contributed by atoms with Gasteiger partial charge in [-0.15, -0.1) is 11.3 Å². The average molecular weight is 344 g/mol. The first kappa shape index (κ1) is 13.7. The molecule has 0 bridgehead atoms. The lowest BCUT2D eigenvalue weighted by Gasteiger charge is -2.04. The topological polar surface area (TPSA) is 66.4 Å². The van der Waals surface area contributed by atoms with Gasteiger partial charge in [0.25, 0.3) is 5.91 Å². The molecule has 0 aliphatic rings. The molecule has 0 atom stereocenters. The smallest absolute Gasteiger partial charge is 0.345 e. The average Bonchev–Trinajstić information content (AvgIpc) is 2.80. The number of carbonyl (C=O) groups is 2. The SMILES string of the molecule is O=C(O)c1ccc(NC(=O)c2cc(F)ccc2Br)s1. The zero-order valence-corrected chi connectivity index (χ0v) is 11.7. The van der Waals surface area contributed by atoms with Crippen LogP contribution in [0.1, 0.15) is 20.0 Å². The summed E-state index contributed by atoms with van der Waals surface area (Å²) >= 11 is 4.09. The van der Waals surface area contributed by atoms with Gasteiger partial charge in [-0.25, -0.2) is 9.18 Å². The van der Waals surface area contributed by atoms with Crippen LogP contribution in [0.15, 0.2) is 34.8 Å². The van der Waals surface area contributed by atoms with E-state index in [2.05, 4.69) is 21.2 Å². The van der Waals surface area contributed by atoms with Gasteiger partial charge in [0.15, 0.2) is 0 Å². The fourth-order valence-corrected chi connectivity index (χ4v) is 2.54. The number of aromatic carboxylic acids is 1. The maximum atomic E-state index is 13.1. The van der Waals surface area contributed by atoms with Crippen LogP contribution in [0.5, 0.6) is 0 Å². The molecule has 19 heavy (non-hydrogen) atoms. The summed E-state index contributed by atoms with van der Waals surface area (Å²) in [5.41, 5.74) is 0.144. The van der Waals surface area contributed by atoms with Crippen molar-refractivity contribution < 1.29 is 19.1 Å². The van der Waals surface area contributed by atoms with Crippen molar-refractivity contribution in [1.29, 1.82) is 0 Å². The number of hydrogen-bond donors (Lipinski definition) is 2. The molecule has 1 heterocycles. The van der Waals surface area contributed by atoms with Crippen LogP contribution in [-0.4, -0.2) is 17.0 Å². The van der Waals surface area contributed by atoms with Crippen molar-refractivity contribution in [3.05, 3.63) is 51.1 Å². The summed E-state index contributed by atoms with van der Waals surface area (Å²) in [7, 11) is 0. The van der Waals surface area contributed by atoms with Gasteiger partial charge in [-0.3, -0.25) is 4.79 Å².